The number of halogens is 1. The Hall–Kier alpha value is -2.41. The molecule has 0 saturated carbocycles. The molecule has 0 aliphatic heterocycles. The van der Waals surface area contributed by atoms with Gasteiger partial charge in [-0.15, -0.1) is 0 Å². The maximum absolute atomic E-state index is 12.1. The SMILES string of the molecule is CC(C)(C)OC(=O)Nc1ccc(NC(=O)c2cccc(Br)n2)cc1. The van der Waals surface area contributed by atoms with Crippen LogP contribution in [0.25, 0.3) is 0 Å². The van der Waals surface area contributed by atoms with Crippen LogP contribution in [0, 0.1) is 0 Å². The first-order valence-electron chi connectivity index (χ1n) is 7.27. The fraction of sp³-hybridized carbons (Fsp3) is 0.235. The van der Waals surface area contributed by atoms with Crippen molar-refractivity contribution in [2.45, 2.75) is 26.4 Å². The first-order chi connectivity index (χ1) is 11.2. The number of rotatable bonds is 3. The number of amides is 2. The standard InChI is InChI=1S/C17H18BrN3O3/c1-17(2,3)24-16(23)20-12-9-7-11(8-10-12)19-15(22)13-5-4-6-14(18)21-13/h4-10H,1-3H3,(H,19,22)(H,20,23). The zero-order valence-electron chi connectivity index (χ0n) is 13.6. The van der Waals surface area contributed by atoms with Crippen LogP contribution in [0.2, 0.25) is 0 Å². The first kappa shape index (κ1) is 17.9. The number of aromatic nitrogens is 1. The largest absolute Gasteiger partial charge is 0.444 e. The highest BCUT2D eigenvalue weighted by Gasteiger charge is 2.16. The number of ether oxygens (including phenoxy) is 1. The fourth-order valence-corrected chi connectivity index (χ4v) is 2.13. The minimum absolute atomic E-state index is 0.306. The van der Waals surface area contributed by atoms with Gasteiger partial charge in [-0.3, -0.25) is 10.1 Å². The van der Waals surface area contributed by atoms with Gasteiger partial charge in [-0.2, -0.15) is 0 Å². The third-order valence-corrected chi connectivity index (χ3v) is 3.18. The van der Waals surface area contributed by atoms with Gasteiger partial charge in [0.05, 0.1) is 0 Å². The Kier molecular flexibility index (Phi) is 5.56. The molecule has 126 valence electrons. The molecule has 2 rings (SSSR count). The van der Waals surface area contributed by atoms with Crippen LogP contribution in [0.3, 0.4) is 0 Å². The van der Waals surface area contributed by atoms with Crippen molar-refractivity contribution in [2.75, 3.05) is 10.6 Å². The summed E-state index contributed by atoms with van der Waals surface area (Å²) in [5.41, 5.74) is 0.911. The Bertz CT molecular complexity index is 739. The monoisotopic (exact) mass is 391 g/mol. The molecule has 0 atom stereocenters. The second-order valence-electron chi connectivity index (χ2n) is 6.00. The van der Waals surface area contributed by atoms with Gasteiger partial charge in [-0.1, -0.05) is 6.07 Å². The van der Waals surface area contributed by atoms with Gasteiger partial charge in [-0.25, -0.2) is 9.78 Å². The molecule has 24 heavy (non-hydrogen) atoms. The zero-order valence-corrected chi connectivity index (χ0v) is 15.2. The van der Waals surface area contributed by atoms with E-state index >= 15 is 0 Å². The van der Waals surface area contributed by atoms with Crippen LogP contribution in [-0.4, -0.2) is 22.6 Å². The summed E-state index contributed by atoms with van der Waals surface area (Å²) in [4.78, 5) is 27.9. The van der Waals surface area contributed by atoms with Crippen molar-refractivity contribution in [2.24, 2.45) is 0 Å². The van der Waals surface area contributed by atoms with E-state index in [9.17, 15) is 9.59 Å². The Morgan fingerprint density at radius 2 is 1.58 bits per heavy atom. The number of hydrogen-bond donors (Lipinski definition) is 2. The lowest BCUT2D eigenvalue weighted by molar-refractivity contribution is 0.0635. The van der Waals surface area contributed by atoms with E-state index < -0.39 is 11.7 Å². The molecular formula is C17H18BrN3O3. The Labute approximate surface area is 148 Å². The van der Waals surface area contributed by atoms with E-state index in [1.54, 1.807) is 63.2 Å². The molecule has 0 spiro atoms. The average Bonchev–Trinajstić information content (AvgIpc) is 2.47. The van der Waals surface area contributed by atoms with Crippen LogP contribution in [0.1, 0.15) is 31.3 Å². The maximum atomic E-state index is 12.1. The summed E-state index contributed by atoms with van der Waals surface area (Å²) in [6.45, 7) is 5.38. The molecule has 6 nitrogen and oxygen atoms in total. The molecule has 1 aromatic carbocycles. The van der Waals surface area contributed by atoms with Gasteiger partial charge in [0.1, 0.15) is 15.9 Å². The van der Waals surface area contributed by atoms with Gasteiger partial charge in [0, 0.05) is 11.4 Å². The topological polar surface area (TPSA) is 80.3 Å². The lowest BCUT2D eigenvalue weighted by atomic mass is 10.2. The van der Waals surface area contributed by atoms with Gasteiger partial charge in [0.25, 0.3) is 5.91 Å². The van der Waals surface area contributed by atoms with E-state index in [0.29, 0.717) is 21.7 Å². The molecule has 2 amide bonds. The molecule has 2 N–H and O–H groups in total. The molecule has 0 unspecified atom stereocenters. The minimum atomic E-state index is -0.561. The Morgan fingerprint density at radius 1 is 1.00 bits per heavy atom. The molecule has 1 heterocycles. The number of pyridine rings is 1. The van der Waals surface area contributed by atoms with E-state index in [1.807, 2.05) is 0 Å². The average molecular weight is 392 g/mol. The first-order valence-corrected chi connectivity index (χ1v) is 8.06. The number of carbonyl (C=O) groups is 2. The van der Waals surface area contributed by atoms with Crippen molar-refractivity contribution in [3.8, 4) is 0 Å². The lowest BCUT2D eigenvalue weighted by Crippen LogP contribution is -2.27. The highest BCUT2D eigenvalue weighted by molar-refractivity contribution is 9.10. The molecule has 0 aliphatic rings. The van der Waals surface area contributed by atoms with Crippen molar-refractivity contribution in [1.82, 2.24) is 4.98 Å². The van der Waals surface area contributed by atoms with Crippen molar-refractivity contribution in [1.29, 1.82) is 0 Å². The van der Waals surface area contributed by atoms with Gasteiger partial charge in [0.2, 0.25) is 0 Å². The summed E-state index contributed by atoms with van der Waals surface area (Å²) in [7, 11) is 0. The van der Waals surface area contributed by atoms with E-state index in [2.05, 4.69) is 31.5 Å². The van der Waals surface area contributed by atoms with Crippen LogP contribution in [0.4, 0.5) is 16.2 Å². The van der Waals surface area contributed by atoms with E-state index in [-0.39, 0.29) is 5.91 Å². The highest BCUT2D eigenvalue weighted by atomic mass is 79.9. The number of nitrogens with zero attached hydrogens (tertiary/aromatic N) is 1. The molecule has 7 heteroatoms. The minimum Gasteiger partial charge on any atom is -0.444 e. The molecule has 0 saturated heterocycles. The summed E-state index contributed by atoms with van der Waals surface area (Å²) in [6.07, 6.45) is -0.530. The summed E-state index contributed by atoms with van der Waals surface area (Å²) in [5, 5.41) is 5.36. The number of nitrogens with one attached hydrogen (secondary N) is 2. The van der Waals surface area contributed by atoms with Crippen LogP contribution in [-0.2, 0) is 4.74 Å². The summed E-state index contributed by atoms with van der Waals surface area (Å²) < 4.78 is 5.76. The number of carbonyl (C=O) groups excluding carboxylic acids is 2. The summed E-state index contributed by atoms with van der Waals surface area (Å²) >= 11 is 3.23. The lowest BCUT2D eigenvalue weighted by Gasteiger charge is -2.19. The molecule has 2 aromatic rings. The molecule has 0 radical (unpaired) electrons. The zero-order chi connectivity index (χ0) is 17.7. The number of anilines is 2. The van der Waals surface area contributed by atoms with Crippen molar-refractivity contribution in [3.05, 3.63) is 52.8 Å². The van der Waals surface area contributed by atoms with E-state index in [4.69, 9.17) is 4.74 Å². The van der Waals surface area contributed by atoms with E-state index in [0.717, 1.165) is 0 Å². The third kappa shape index (κ3) is 5.66. The van der Waals surface area contributed by atoms with Crippen LogP contribution >= 0.6 is 15.9 Å². The Morgan fingerprint density at radius 3 is 2.12 bits per heavy atom. The van der Waals surface area contributed by atoms with Crippen LogP contribution in [0.15, 0.2) is 47.1 Å². The van der Waals surface area contributed by atoms with Crippen LogP contribution in [0.5, 0.6) is 0 Å². The van der Waals surface area contributed by atoms with Gasteiger partial charge in [0.15, 0.2) is 0 Å². The quantitative estimate of drug-likeness (QED) is 0.757. The Balaban J connectivity index is 1.97. The second kappa shape index (κ2) is 7.44. The van der Waals surface area contributed by atoms with Crippen molar-refractivity contribution < 1.29 is 14.3 Å². The van der Waals surface area contributed by atoms with Crippen LogP contribution < -0.4 is 10.6 Å². The van der Waals surface area contributed by atoms with Crippen molar-refractivity contribution in [3.63, 3.8) is 0 Å². The molecule has 0 fully saturated rings. The smallest absolute Gasteiger partial charge is 0.412 e. The predicted octanol–water partition coefficient (Wildman–Crippen LogP) is 4.44. The molecule has 0 bridgehead atoms. The van der Waals surface area contributed by atoms with Gasteiger partial charge in [-0.05, 0) is 73.1 Å². The van der Waals surface area contributed by atoms with E-state index in [1.165, 1.54) is 0 Å². The summed E-state index contributed by atoms with van der Waals surface area (Å²) in [6, 6.07) is 11.8. The fourth-order valence-electron chi connectivity index (χ4n) is 1.79. The predicted molar refractivity (Wildman–Crippen MR) is 96.2 cm³/mol. The maximum Gasteiger partial charge on any atom is 0.412 e. The normalized spacial score (nSPS) is 10.8. The molecular weight excluding hydrogens is 374 g/mol. The van der Waals surface area contributed by atoms with Crippen molar-refractivity contribution >= 4 is 39.3 Å². The third-order valence-electron chi connectivity index (χ3n) is 2.74. The number of hydrogen-bond acceptors (Lipinski definition) is 4. The van der Waals surface area contributed by atoms with Gasteiger partial charge < -0.3 is 10.1 Å². The second-order valence-corrected chi connectivity index (χ2v) is 6.82. The molecule has 1 aromatic heterocycles. The highest BCUT2D eigenvalue weighted by Crippen LogP contribution is 2.16. The van der Waals surface area contributed by atoms with Gasteiger partial charge >= 0.3 is 6.09 Å². The number of benzene rings is 1. The molecule has 0 aliphatic carbocycles. The summed E-state index contributed by atoms with van der Waals surface area (Å²) in [5.74, 6) is -0.316.